The van der Waals surface area contributed by atoms with Crippen LogP contribution in [0.1, 0.15) is 22.8 Å². The Kier molecular flexibility index (Phi) is 6.86. The van der Waals surface area contributed by atoms with E-state index in [-0.39, 0.29) is 22.3 Å². The summed E-state index contributed by atoms with van der Waals surface area (Å²) in [5.41, 5.74) is 1.20. The summed E-state index contributed by atoms with van der Waals surface area (Å²) in [6.07, 6.45) is 1.71. The first-order valence-corrected chi connectivity index (χ1v) is 10.2. The average molecular weight is 443 g/mol. The maximum absolute atomic E-state index is 12.7. The first-order chi connectivity index (χ1) is 14.4. The van der Waals surface area contributed by atoms with Gasteiger partial charge in [0, 0.05) is 5.69 Å². The number of rotatable bonds is 7. The monoisotopic (exact) mass is 442 g/mol. The Labute approximate surface area is 182 Å². The van der Waals surface area contributed by atoms with Crippen LogP contribution in [0.15, 0.2) is 53.4 Å². The molecule has 0 radical (unpaired) electrons. The molecule has 7 nitrogen and oxygen atoms in total. The van der Waals surface area contributed by atoms with Crippen LogP contribution in [0.5, 0.6) is 5.75 Å². The first-order valence-electron chi connectivity index (χ1n) is 8.99. The molecule has 0 spiro atoms. The number of carbonyl (C=O) groups excluding carboxylic acids is 2. The minimum absolute atomic E-state index is 0.0525. The van der Waals surface area contributed by atoms with Gasteiger partial charge in [-0.15, -0.1) is 0 Å². The Hall–Kier alpha value is -3.17. The maximum Gasteiger partial charge on any atom is 0.335 e. The zero-order valence-corrected chi connectivity index (χ0v) is 17.6. The molecule has 2 N–H and O–H groups in total. The summed E-state index contributed by atoms with van der Waals surface area (Å²) in [5, 5.41) is 11.6. The Morgan fingerprint density at radius 2 is 1.97 bits per heavy atom. The van der Waals surface area contributed by atoms with Crippen LogP contribution in [0.3, 0.4) is 0 Å². The topological polar surface area (TPSA) is 95.9 Å². The molecule has 1 heterocycles. The van der Waals surface area contributed by atoms with E-state index in [1.165, 1.54) is 23.1 Å². The van der Waals surface area contributed by atoms with E-state index in [9.17, 15) is 14.4 Å². The predicted molar refractivity (Wildman–Crippen MR) is 120 cm³/mol. The molecule has 1 saturated heterocycles. The summed E-state index contributed by atoms with van der Waals surface area (Å²) < 4.78 is 5.68. The third-order valence-electron chi connectivity index (χ3n) is 4.06. The van der Waals surface area contributed by atoms with Crippen molar-refractivity contribution < 1.29 is 24.2 Å². The number of benzene rings is 2. The van der Waals surface area contributed by atoms with Gasteiger partial charge in [-0.1, -0.05) is 42.2 Å². The lowest BCUT2D eigenvalue weighted by molar-refractivity contribution is -0.126. The van der Waals surface area contributed by atoms with Crippen molar-refractivity contribution in [2.24, 2.45) is 0 Å². The largest absolute Gasteiger partial charge is 0.494 e. The molecule has 0 bridgehead atoms. The molecule has 2 aromatic carbocycles. The minimum atomic E-state index is -1.09. The number of thiocarbonyl (C=S) groups is 1. The normalized spacial score (nSPS) is 14.8. The minimum Gasteiger partial charge on any atom is -0.494 e. The average Bonchev–Trinajstić information content (AvgIpc) is 2.97. The van der Waals surface area contributed by atoms with Crippen molar-refractivity contribution in [3.63, 3.8) is 0 Å². The molecule has 1 fully saturated rings. The van der Waals surface area contributed by atoms with Crippen LogP contribution < -0.4 is 10.1 Å². The summed E-state index contributed by atoms with van der Waals surface area (Å²) in [6.45, 7) is 2.21. The van der Waals surface area contributed by atoms with E-state index in [0.717, 1.165) is 23.1 Å². The van der Waals surface area contributed by atoms with Crippen LogP contribution in [-0.4, -0.2) is 45.3 Å². The van der Waals surface area contributed by atoms with Crippen LogP contribution in [0.2, 0.25) is 0 Å². The molecule has 0 aliphatic carbocycles. The second kappa shape index (κ2) is 9.55. The number of nitrogens with zero attached hydrogens (tertiary/aromatic N) is 1. The molecule has 154 valence electrons. The molecule has 1 aliphatic rings. The number of nitrogens with one attached hydrogen (secondary N) is 1. The number of thioether (sulfide) groups is 1. The van der Waals surface area contributed by atoms with Crippen molar-refractivity contribution >= 4 is 57.8 Å². The summed E-state index contributed by atoms with van der Waals surface area (Å²) in [7, 11) is 0. The Morgan fingerprint density at radius 3 is 2.63 bits per heavy atom. The van der Waals surface area contributed by atoms with Crippen molar-refractivity contribution in [2.75, 3.05) is 18.5 Å². The second-order valence-electron chi connectivity index (χ2n) is 6.20. The Balaban J connectivity index is 1.66. The molecule has 0 aromatic heterocycles. The van der Waals surface area contributed by atoms with Gasteiger partial charge in [0.15, 0.2) is 0 Å². The molecule has 9 heteroatoms. The van der Waals surface area contributed by atoms with Crippen LogP contribution in [-0.2, 0) is 9.59 Å². The summed E-state index contributed by atoms with van der Waals surface area (Å²) in [6, 6.07) is 13.2. The fourth-order valence-corrected chi connectivity index (χ4v) is 3.94. The lowest BCUT2D eigenvalue weighted by Crippen LogP contribution is -2.36. The third-order valence-corrected chi connectivity index (χ3v) is 5.44. The van der Waals surface area contributed by atoms with Gasteiger partial charge >= 0.3 is 5.97 Å². The van der Waals surface area contributed by atoms with Gasteiger partial charge in [0.05, 0.1) is 17.1 Å². The van der Waals surface area contributed by atoms with Gasteiger partial charge in [-0.3, -0.25) is 14.5 Å². The van der Waals surface area contributed by atoms with Crippen molar-refractivity contribution in [1.29, 1.82) is 0 Å². The molecule has 0 unspecified atom stereocenters. The summed E-state index contributed by atoms with van der Waals surface area (Å²) in [5.74, 6) is -1.18. The molecule has 0 atom stereocenters. The number of carboxylic acid groups (broad SMARTS) is 1. The van der Waals surface area contributed by atoms with Crippen LogP contribution >= 0.6 is 24.0 Å². The highest BCUT2D eigenvalue weighted by molar-refractivity contribution is 8.26. The van der Waals surface area contributed by atoms with E-state index in [0.29, 0.717) is 17.2 Å². The summed E-state index contributed by atoms with van der Waals surface area (Å²) in [4.78, 5) is 37.7. The van der Waals surface area contributed by atoms with Crippen molar-refractivity contribution in [2.45, 2.75) is 6.92 Å². The number of hydrogen-bond acceptors (Lipinski definition) is 6. The van der Waals surface area contributed by atoms with E-state index in [1.54, 1.807) is 12.1 Å². The van der Waals surface area contributed by atoms with E-state index in [1.807, 2.05) is 31.2 Å². The summed E-state index contributed by atoms with van der Waals surface area (Å²) >= 11 is 6.38. The fraction of sp³-hybridized carbons (Fsp3) is 0.143. The SMILES string of the molecule is CCOc1ccc(/C=C2/SC(=S)N(CC(=O)Nc3cccc(C(=O)O)c3)C2=O)cc1. The van der Waals surface area contributed by atoms with Gasteiger partial charge in [-0.2, -0.15) is 0 Å². The van der Waals surface area contributed by atoms with Crippen LogP contribution in [0.25, 0.3) is 6.08 Å². The molecular formula is C21H18N2O5S2. The Bertz CT molecular complexity index is 1030. The first kappa shape index (κ1) is 21.5. The lowest BCUT2D eigenvalue weighted by Gasteiger charge is -2.14. The molecule has 2 amide bonds. The maximum atomic E-state index is 12.7. The van der Waals surface area contributed by atoms with Gasteiger partial charge in [-0.05, 0) is 48.9 Å². The highest BCUT2D eigenvalue weighted by Crippen LogP contribution is 2.32. The molecule has 1 aliphatic heterocycles. The zero-order valence-electron chi connectivity index (χ0n) is 16.0. The van der Waals surface area contributed by atoms with Gasteiger partial charge in [0.2, 0.25) is 5.91 Å². The highest BCUT2D eigenvalue weighted by atomic mass is 32.2. The number of amides is 2. The van der Waals surface area contributed by atoms with Crippen molar-refractivity contribution in [3.8, 4) is 5.75 Å². The zero-order chi connectivity index (χ0) is 21.7. The number of anilines is 1. The highest BCUT2D eigenvalue weighted by Gasteiger charge is 2.33. The number of ether oxygens (including phenoxy) is 1. The molecule has 2 aromatic rings. The van der Waals surface area contributed by atoms with Crippen molar-refractivity contribution in [3.05, 3.63) is 64.6 Å². The third kappa shape index (κ3) is 5.25. The van der Waals surface area contributed by atoms with Crippen molar-refractivity contribution in [1.82, 2.24) is 4.90 Å². The fourth-order valence-electron chi connectivity index (χ4n) is 2.69. The predicted octanol–water partition coefficient (Wildman–Crippen LogP) is 3.62. The quantitative estimate of drug-likeness (QED) is 0.499. The molecular weight excluding hydrogens is 424 g/mol. The van der Waals surface area contributed by atoms with Gasteiger partial charge in [0.25, 0.3) is 5.91 Å². The molecule has 0 saturated carbocycles. The van der Waals surface area contributed by atoms with E-state index in [4.69, 9.17) is 22.1 Å². The van der Waals surface area contributed by atoms with Crippen LogP contribution in [0.4, 0.5) is 5.69 Å². The number of aromatic carboxylic acids is 1. The van der Waals surface area contributed by atoms with E-state index >= 15 is 0 Å². The van der Waals surface area contributed by atoms with E-state index in [2.05, 4.69) is 5.32 Å². The number of carboxylic acids is 1. The van der Waals surface area contributed by atoms with Gasteiger partial charge in [0.1, 0.15) is 16.6 Å². The van der Waals surface area contributed by atoms with Gasteiger partial charge < -0.3 is 15.2 Å². The second-order valence-corrected chi connectivity index (χ2v) is 7.88. The Morgan fingerprint density at radius 1 is 1.23 bits per heavy atom. The lowest BCUT2D eigenvalue weighted by atomic mass is 10.2. The van der Waals surface area contributed by atoms with E-state index < -0.39 is 11.9 Å². The number of carbonyl (C=O) groups is 3. The smallest absolute Gasteiger partial charge is 0.335 e. The molecule has 30 heavy (non-hydrogen) atoms. The number of hydrogen-bond donors (Lipinski definition) is 2. The standard InChI is InChI=1S/C21H18N2O5S2/c1-2-28-16-8-6-13(7-9-16)10-17-19(25)23(21(29)30-17)12-18(24)22-15-5-3-4-14(11-15)20(26)27/h3-11H,2,12H2,1H3,(H,22,24)(H,26,27)/b17-10+. The molecule has 3 rings (SSSR count). The van der Waals surface area contributed by atoms with Gasteiger partial charge in [-0.25, -0.2) is 4.79 Å². The van der Waals surface area contributed by atoms with Crippen LogP contribution in [0, 0.1) is 0 Å².